The maximum Gasteiger partial charge on any atom is 0.0728 e. The zero-order valence-electron chi connectivity index (χ0n) is 41.8. The molecule has 0 bridgehead atoms. The van der Waals surface area contributed by atoms with Gasteiger partial charge in [0.15, 0.2) is 0 Å². The summed E-state index contributed by atoms with van der Waals surface area (Å²) >= 11 is 0. The molecule has 3 nitrogen and oxygen atoms in total. The second-order valence-corrected chi connectivity index (χ2v) is 20.6. The summed E-state index contributed by atoms with van der Waals surface area (Å²) in [6.07, 6.45) is 7.48. The second kappa shape index (κ2) is 17.0. The summed E-state index contributed by atoms with van der Waals surface area (Å²) in [5, 5.41) is 2.51. The van der Waals surface area contributed by atoms with Crippen LogP contribution in [0.4, 0.5) is 0 Å². The summed E-state index contributed by atoms with van der Waals surface area (Å²) in [6, 6.07) is 92.5. The Labute approximate surface area is 447 Å². The van der Waals surface area contributed by atoms with Gasteiger partial charge in [0.05, 0.1) is 16.8 Å². The summed E-state index contributed by atoms with van der Waals surface area (Å²) in [5.74, 6) is 0. The van der Waals surface area contributed by atoms with Gasteiger partial charge in [0, 0.05) is 41.5 Å². The van der Waals surface area contributed by atoms with Crippen LogP contribution >= 0.6 is 0 Å². The molecule has 0 fully saturated rings. The zero-order chi connectivity index (χ0) is 50.6. The number of nitrogens with zero attached hydrogens (tertiary/aromatic N) is 3. The monoisotopic (exact) mass is 975 g/mol. The van der Waals surface area contributed by atoms with E-state index in [0.29, 0.717) is 0 Å². The minimum Gasteiger partial charge on any atom is -0.265 e. The fraction of sp³-hybridized carbons (Fsp3) is 0.0135. The van der Waals surface area contributed by atoms with Gasteiger partial charge in [-0.1, -0.05) is 182 Å². The van der Waals surface area contributed by atoms with Gasteiger partial charge >= 0.3 is 0 Å². The third-order valence-electron chi connectivity index (χ3n) is 16.6. The van der Waals surface area contributed by atoms with E-state index in [4.69, 9.17) is 4.98 Å². The number of rotatable bonds is 7. The van der Waals surface area contributed by atoms with Crippen molar-refractivity contribution in [3.8, 4) is 123 Å². The molecule has 356 valence electrons. The molecular weight excluding hydrogens is 931 g/mol. The minimum atomic E-state index is -0.767. The van der Waals surface area contributed by atoms with Crippen molar-refractivity contribution in [2.75, 3.05) is 0 Å². The van der Waals surface area contributed by atoms with Crippen LogP contribution in [0.5, 0.6) is 0 Å². The molecule has 16 rings (SSSR count). The van der Waals surface area contributed by atoms with Crippen molar-refractivity contribution in [1.82, 2.24) is 15.0 Å². The van der Waals surface area contributed by atoms with E-state index >= 15 is 0 Å². The van der Waals surface area contributed by atoms with Crippen LogP contribution in [0.25, 0.3) is 133 Å². The highest BCUT2D eigenvalue weighted by Crippen LogP contribution is 2.68. The van der Waals surface area contributed by atoms with Crippen LogP contribution in [-0.2, 0) is 5.41 Å². The first kappa shape index (κ1) is 43.3. The lowest BCUT2D eigenvalue weighted by Crippen LogP contribution is -2.26. The fourth-order valence-corrected chi connectivity index (χ4v) is 13.4. The van der Waals surface area contributed by atoms with Crippen LogP contribution in [0, 0.1) is 0 Å². The van der Waals surface area contributed by atoms with Crippen LogP contribution in [-0.4, -0.2) is 15.0 Å². The highest BCUT2D eigenvalue weighted by atomic mass is 14.7. The number of hydrogen-bond donors (Lipinski definition) is 0. The Balaban J connectivity index is 1.11. The normalized spacial score (nSPS) is 12.8. The molecule has 3 aromatic heterocycles. The maximum absolute atomic E-state index is 5.81. The van der Waals surface area contributed by atoms with Crippen molar-refractivity contribution in [2.24, 2.45) is 0 Å². The van der Waals surface area contributed by atoms with Gasteiger partial charge in [-0.3, -0.25) is 9.97 Å². The molecule has 1 spiro atoms. The number of benzene rings is 10. The average molecular weight is 976 g/mol. The lowest BCUT2D eigenvalue weighted by molar-refractivity contribution is 0.795. The van der Waals surface area contributed by atoms with Gasteiger partial charge in [-0.25, -0.2) is 4.98 Å². The number of fused-ring (bicyclic) bond motifs is 13. The molecule has 3 aliphatic rings. The molecule has 3 aliphatic carbocycles. The standard InChI is InChI=1S/C74H45N3/c1-5-17-47(18-6-1)57-41-61-62-42-58(48-19-7-2-8-20-48)60(50-23-11-4-12-24-50)44-66(62)74(65(61)43-59(57)49-21-9-3-10-22-49)64-30-14-13-27-55(64)72-67(74)45-63-54-28-15-25-52-26-16-29-56(70(52)54)71(63)73(72)69-40-53(46-31-35-75-36-32-46)39-68(77-69)51-33-37-76-38-34-51/h1-45H. The molecule has 0 atom stereocenters. The van der Waals surface area contributed by atoms with E-state index in [1.165, 1.54) is 122 Å². The third kappa shape index (κ3) is 6.41. The summed E-state index contributed by atoms with van der Waals surface area (Å²) in [4.78, 5) is 14.7. The SMILES string of the molecule is c1ccc(-c2cc3c(cc2-c2ccccc2)C2(c4cc(-c5ccccc5)c(-c5ccccc5)cc4-3)c3ccccc3-c3c2cc2c(c3-c3cc(-c4ccncc4)cc(-c4ccncc4)n3)-c3cccc4cccc-2c34)cc1. The third-order valence-corrected chi connectivity index (χ3v) is 16.6. The van der Waals surface area contributed by atoms with Crippen LogP contribution < -0.4 is 0 Å². The van der Waals surface area contributed by atoms with Crippen LogP contribution in [0.3, 0.4) is 0 Å². The molecule has 0 aliphatic heterocycles. The average Bonchev–Trinajstić information content (AvgIpc) is 3.24. The van der Waals surface area contributed by atoms with Crippen LogP contribution in [0.1, 0.15) is 22.3 Å². The lowest BCUT2D eigenvalue weighted by atomic mass is 9.68. The van der Waals surface area contributed by atoms with Crippen LogP contribution in [0.15, 0.2) is 274 Å². The molecule has 10 aromatic carbocycles. The van der Waals surface area contributed by atoms with Gasteiger partial charge in [-0.15, -0.1) is 0 Å². The Morgan fingerprint density at radius 2 is 0.688 bits per heavy atom. The van der Waals surface area contributed by atoms with E-state index in [9.17, 15) is 0 Å². The Bertz CT molecular complexity index is 4320. The Hall–Kier alpha value is -10.1. The van der Waals surface area contributed by atoms with E-state index in [1.54, 1.807) is 0 Å². The van der Waals surface area contributed by atoms with E-state index < -0.39 is 5.41 Å². The molecule has 0 unspecified atom stereocenters. The van der Waals surface area contributed by atoms with Crippen molar-refractivity contribution in [3.05, 3.63) is 296 Å². The smallest absolute Gasteiger partial charge is 0.0728 e. The van der Waals surface area contributed by atoms with Crippen molar-refractivity contribution in [2.45, 2.75) is 5.41 Å². The van der Waals surface area contributed by atoms with E-state index in [2.05, 4.69) is 259 Å². The number of hydrogen-bond acceptors (Lipinski definition) is 3. The first-order chi connectivity index (χ1) is 38.2. The quantitative estimate of drug-likeness (QED) is 0.160. The van der Waals surface area contributed by atoms with Crippen molar-refractivity contribution >= 4 is 10.8 Å². The lowest BCUT2D eigenvalue weighted by Gasteiger charge is -2.32. The van der Waals surface area contributed by atoms with E-state index in [0.717, 1.165) is 33.6 Å². The molecular formula is C74H45N3. The van der Waals surface area contributed by atoms with Crippen molar-refractivity contribution in [1.29, 1.82) is 0 Å². The molecule has 13 aromatic rings. The summed E-state index contributed by atoms with van der Waals surface area (Å²) in [6.45, 7) is 0. The van der Waals surface area contributed by atoms with Crippen molar-refractivity contribution < 1.29 is 0 Å². The highest BCUT2D eigenvalue weighted by molar-refractivity contribution is 6.21. The Morgan fingerprint density at radius 1 is 0.234 bits per heavy atom. The van der Waals surface area contributed by atoms with Gasteiger partial charge in [0.1, 0.15) is 0 Å². The maximum atomic E-state index is 5.81. The van der Waals surface area contributed by atoms with Gasteiger partial charge in [0.25, 0.3) is 0 Å². The Kier molecular flexibility index (Phi) is 9.55. The topological polar surface area (TPSA) is 38.7 Å². The predicted molar refractivity (Wildman–Crippen MR) is 316 cm³/mol. The van der Waals surface area contributed by atoms with Gasteiger partial charge in [0.2, 0.25) is 0 Å². The first-order valence-corrected chi connectivity index (χ1v) is 26.5. The van der Waals surface area contributed by atoms with Gasteiger partial charge < -0.3 is 0 Å². The molecule has 0 saturated carbocycles. The zero-order valence-corrected chi connectivity index (χ0v) is 41.8. The van der Waals surface area contributed by atoms with E-state index in [-0.39, 0.29) is 0 Å². The molecule has 0 N–H and O–H groups in total. The molecule has 0 amide bonds. The number of aromatic nitrogens is 3. The largest absolute Gasteiger partial charge is 0.265 e. The number of pyridine rings is 3. The molecule has 0 saturated heterocycles. The van der Waals surface area contributed by atoms with Gasteiger partial charge in [-0.2, -0.15) is 0 Å². The molecule has 77 heavy (non-hydrogen) atoms. The Morgan fingerprint density at radius 3 is 1.25 bits per heavy atom. The molecule has 3 heterocycles. The van der Waals surface area contributed by atoms with E-state index in [1.807, 2.05) is 24.8 Å². The minimum absolute atomic E-state index is 0.767. The second-order valence-electron chi connectivity index (χ2n) is 20.6. The summed E-state index contributed by atoms with van der Waals surface area (Å²) in [5.41, 5.74) is 29.8. The van der Waals surface area contributed by atoms with Crippen molar-refractivity contribution in [3.63, 3.8) is 0 Å². The molecule has 0 radical (unpaired) electrons. The highest BCUT2D eigenvalue weighted by Gasteiger charge is 2.54. The summed E-state index contributed by atoms with van der Waals surface area (Å²) in [7, 11) is 0. The summed E-state index contributed by atoms with van der Waals surface area (Å²) < 4.78 is 0. The van der Waals surface area contributed by atoms with Crippen LogP contribution in [0.2, 0.25) is 0 Å². The fourth-order valence-electron chi connectivity index (χ4n) is 13.4. The predicted octanol–water partition coefficient (Wildman–Crippen LogP) is 18.7. The van der Waals surface area contributed by atoms with Gasteiger partial charge in [-0.05, 0) is 194 Å². The molecule has 3 heteroatoms. The first-order valence-electron chi connectivity index (χ1n) is 26.5.